The summed E-state index contributed by atoms with van der Waals surface area (Å²) in [7, 11) is 1.67. The Kier molecular flexibility index (Phi) is 4.28. The van der Waals surface area contributed by atoms with Crippen LogP contribution in [0.3, 0.4) is 0 Å². The van der Waals surface area contributed by atoms with Crippen LogP contribution in [0.4, 0.5) is 0 Å². The molecule has 0 aromatic heterocycles. The van der Waals surface area contributed by atoms with Crippen molar-refractivity contribution >= 4 is 11.5 Å². The monoisotopic (exact) mass is 307 g/mol. The molecule has 118 valence electrons. The van der Waals surface area contributed by atoms with E-state index >= 15 is 0 Å². The van der Waals surface area contributed by atoms with Gasteiger partial charge in [0.25, 0.3) is 0 Å². The van der Waals surface area contributed by atoms with Crippen LogP contribution in [0, 0.1) is 0 Å². The van der Waals surface area contributed by atoms with E-state index in [2.05, 4.69) is 24.3 Å². The third-order valence-corrected chi connectivity index (χ3v) is 4.31. The van der Waals surface area contributed by atoms with Gasteiger partial charge in [-0.3, -0.25) is 4.99 Å². The molecule has 2 aromatic carbocycles. The molecule has 1 unspecified atom stereocenters. The van der Waals surface area contributed by atoms with Crippen molar-refractivity contribution in [2.45, 2.75) is 31.7 Å². The van der Waals surface area contributed by atoms with Crippen LogP contribution in [-0.4, -0.2) is 24.1 Å². The molecule has 0 N–H and O–H groups in total. The van der Waals surface area contributed by atoms with Crippen molar-refractivity contribution in [3.05, 3.63) is 65.7 Å². The second kappa shape index (κ2) is 6.37. The molecule has 1 aliphatic rings. The van der Waals surface area contributed by atoms with E-state index in [1.54, 1.807) is 14.0 Å². The fourth-order valence-corrected chi connectivity index (χ4v) is 2.97. The number of nitrogens with zero attached hydrogens (tertiary/aromatic N) is 1. The van der Waals surface area contributed by atoms with E-state index in [4.69, 9.17) is 9.73 Å². The molecule has 1 atom stereocenters. The van der Waals surface area contributed by atoms with Crippen molar-refractivity contribution in [2.75, 3.05) is 7.11 Å². The average molecular weight is 307 g/mol. The van der Waals surface area contributed by atoms with Gasteiger partial charge in [0.1, 0.15) is 17.1 Å². The van der Waals surface area contributed by atoms with Gasteiger partial charge in [0, 0.05) is 12.8 Å². The highest BCUT2D eigenvalue weighted by molar-refractivity contribution is 6.17. The summed E-state index contributed by atoms with van der Waals surface area (Å²) in [4.78, 5) is 16.2. The quantitative estimate of drug-likeness (QED) is 0.779. The topological polar surface area (TPSA) is 38.7 Å². The molecular formula is C20H21NO2. The Morgan fingerprint density at radius 3 is 2.39 bits per heavy atom. The van der Waals surface area contributed by atoms with Crippen molar-refractivity contribution in [2.24, 2.45) is 4.99 Å². The number of rotatable bonds is 7. The van der Waals surface area contributed by atoms with Gasteiger partial charge in [0.05, 0.1) is 12.8 Å². The van der Waals surface area contributed by atoms with Crippen molar-refractivity contribution in [1.29, 1.82) is 0 Å². The molecule has 0 bridgehead atoms. The zero-order chi connectivity index (χ0) is 16.3. The Bertz CT molecular complexity index is 719. The van der Waals surface area contributed by atoms with Crippen LogP contribution in [0.2, 0.25) is 0 Å². The number of benzene rings is 2. The average Bonchev–Trinajstić information content (AvgIpc) is 3.29. The first-order valence-corrected chi connectivity index (χ1v) is 7.91. The number of carbonyl (C=O) groups is 1. The number of hydrogen-bond acceptors (Lipinski definition) is 3. The minimum absolute atomic E-state index is 0.216. The summed E-state index contributed by atoms with van der Waals surface area (Å²) in [5.41, 5.74) is 3.27. The van der Waals surface area contributed by atoms with Crippen LogP contribution in [0.25, 0.3) is 0 Å². The summed E-state index contributed by atoms with van der Waals surface area (Å²) in [5, 5.41) is 0. The molecule has 0 fully saturated rings. The van der Waals surface area contributed by atoms with E-state index in [1.165, 1.54) is 5.56 Å². The molecule has 23 heavy (non-hydrogen) atoms. The Morgan fingerprint density at radius 2 is 1.78 bits per heavy atom. The van der Waals surface area contributed by atoms with Gasteiger partial charge >= 0.3 is 0 Å². The van der Waals surface area contributed by atoms with Crippen molar-refractivity contribution in [3.63, 3.8) is 0 Å². The highest BCUT2D eigenvalue weighted by Crippen LogP contribution is 2.40. The highest BCUT2D eigenvalue weighted by Gasteiger charge is 2.47. The molecule has 3 rings (SSSR count). The van der Waals surface area contributed by atoms with Crippen LogP contribution < -0.4 is 4.74 Å². The molecule has 3 nitrogen and oxygen atoms in total. The molecule has 0 amide bonds. The lowest BCUT2D eigenvalue weighted by Gasteiger charge is -2.15. The van der Waals surface area contributed by atoms with E-state index in [-0.39, 0.29) is 11.3 Å². The second-order valence-corrected chi connectivity index (χ2v) is 6.08. The number of Topliss-reactive ketones (excluding diaryl/α,β-unsaturated/α-hetero) is 1. The normalized spacial score (nSPS) is 19.1. The third-order valence-electron chi connectivity index (χ3n) is 4.31. The van der Waals surface area contributed by atoms with Gasteiger partial charge < -0.3 is 9.53 Å². The Labute approximate surface area is 137 Å². The minimum Gasteiger partial charge on any atom is -0.497 e. The predicted octanol–water partition coefficient (Wildman–Crippen LogP) is 3.85. The van der Waals surface area contributed by atoms with Crippen LogP contribution in [0.15, 0.2) is 59.6 Å². The molecular weight excluding hydrogens is 286 g/mol. The maximum Gasteiger partial charge on any atom is 0.129 e. The predicted molar refractivity (Wildman–Crippen MR) is 92.3 cm³/mol. The Morgan fingerprint density at radius 1 is 1.09 bits per heavy atom. The lowest BCUT2D eigenvalue weighted by Crippen LogP contribution is -2.24. The number of ether oxygens (including phenoxy) is 1. The number of hydrogen-bond donors (Lipinski definition) is 0. The van der Waals surface area contributed by atoms with Gasteiger partial charge in [0.2, 0.25) is 0 Å². The largest absolute Gasteiger partial charge is 0.497 e. The summed E-state index contributed by atoms with van der Waals surface area (Å²) in [6.07, 6.45) is 2.17. The maximum atomic E-state index is 11.4. The lowest BCUT2D eigenvalue weighted by molar-refractivity contribution is -0.117. The third kappa shape index (κ3) is 3.50. The van der Waals surface area contributed by atoms with Crippen molar-refractivity contribution in [3.8, 4) is 5.75 Å². The second-order valence-electron chi connectivity index (χ2n) is 6.08. The van der Waals surface area contributed by atoms with Gasteiger partial charge in [0.15, 0.2) is 0 Å². The number of ketones is 1. The van der Waals surface area contributed by atoms with Gasteiger partial charge in [-0.25, -0.2) is 0 Å². The summed E-state index contributed by atoms with van der Waals surface area (Å²) < 4.78 is 5.21. The number of aliphatic imine (C=N–C) groups is 1. The SMILES string of the molecule is COc1ccc(CC2(CCC(C)=O)N=C2c2ccccc2)cc1. The fraction of sp³-hybridized carbons (Fsp3) is 0.300. The van der Waals surface area contributed by atoms with Crippen LogP contribution >= 0.6 is 0 Å². The maximum absolute atomic E-state index is 11.4. The molecule has 2 aromatic rings. The molecule has 0 saturated heterocycles. The molecule has 0 spiro atoms. The van der Waals surface area contributed by atoms with E-state index in [0.29, 0.717) is 6.42 Å². The van der Waals surface area contributed by atoms with E-state index in [0.717, 1.165) is 29.9 Å². The van der Waals surface area contributed by atoms with E-state index < -0.39 is 0 Å². The Balaban J connectivity index is 1.78. The molecule has 0 aliphatic carbocycles. The first-order valence-electron chi connectivity index (χ1n) is 7.91. The minimum atomic E-state index is -0.221. The molecule has 0 saturated carbocycles. The number of carbonyl (C=O) groups excluding carboxylic acids is 1. The smallest absolute Gasteiger partial charge is 0.129 e. The zero-order valence-corrected chi connectivity index (χ0v) is 13.6. The molecule has 1 aliphatic heterocycles. The van der Waals surface area contributed by atoms with E-state index in [9.17, 15) is 4.79 Å². The molecule has 3 heteroatoms. The van der Waals surface area contributed by atoms with Crippen LogP contribution in [0.5, 0.6) is 5.75 Å². The highest BCUT2D eigenvalue weighted by atomic mass is 16.5. The summed E-state index contributed by atoms with van der Waals surface area (Å²) in [5.74, 6) is 1.07. The van der Waals surface area contributed by atoms with Crippen molar-refractivity contribution in [1.82, 2.24) is 0 Å². The molecule has 1 heterocycles. The number of methoxy groups -OCH3 is 1. The standard InChI is InChI=1S/C20H21NO2/c1-15(22)12-13-20(14-16-8-10-18(23-2)11-9-16)19(21-20)17-6-4-3-5-7-17/h3-11H,12-14H2,1-2H3. The van der Waals surface area contributed by atoms with Crippen LogP contribution in [0.1, 0.15) is 30.9 Å². The Hall–Kier alpha value is -2.42. The van der Waals surface area contributed by atoms with E-state index in [1.807, 2.05) is 30.3 Å². The van der Waals surface area contributed by atoms with Gasteiger partial charge in [-0.1, -0.05) is 42.5 Å². The molecule has 0 radical (unpaired) electrons. The first kappa shape index (κ1) is 15.5. The zero-order valence-electron chi connectivity index (χ0n) is 13.6. The van der Waals surface area contributed by atoms with Crippen LogP contribution in [-0.2, 0) is 11.2 Å². The lowest BCUT2D eigenvalue weighted by atomic mass is 9.86. The summed E-state index contributed by atoms with van der Waals surface area (Å²) in [6, 6.07) is 18.3. The summed E-state index contributed by atoms with van der Waals surface area (Å²) in [6.45, 7) is 1.64. The van der Waals surface area contributed by atoms with Crippen molar-refractivity contribution < 1.29 is 9.53 Å². The summed E-state index contributed by atoms with van der Waals surface area (Å²) >= 11 is 0. The van der Waals surface area contributed by atoms with Gasteiger partial charge in [-0.05, 0) is 36.6 Å². The van der Waals surface area contributed by atoms with Gasteiger partial charge in [-0.15, -0.1) is 0 Å². The fourth-order valence-electron chi connectivity index (χ4n) is 2.97. The first-order chi connectivity index (χ1) is 11.1. The van der Waals surface area contributed by atoms with Gasteiger partial charge in [-0.2, -0.15) is 0 Å².